The molecule has 5 nitrogen and oxygen atoms in total. The summed E-state index contributed by atoms with van der Waals surface area (Å²) in [7, 11) is 0. The quantitative estimate of drug-likeness (QED) is 0.868. The zero-order chi connectivity index (χ0) is 16.3. The first-order valence-corrected chi connectivity index (χ1v) is 7.60. The Labute approximate surface area is 145 Å². The highest BCUT2D eigenvalue weighted by Crippen LogP contribution is 2.43. The molecule has 0 saturated heterocycles. The van der Waals surface area contributed by atoms with Crippen LogP contribution in [0.1, 0.15) is 35.3 Å². The highest BCUT2D eigenvalue weighted by atomic mass is 35.5. The summed E-state index contributed by atoms with van der Waals surface area (Å²) in [6, 6.07) is 6.59. The van der Waals surface area contributed by atoms with Crippen LogP contribution in [0.25, 0.3) is 0 Å². The van der Waals surface area contributed by atoms with Gasteiger partial charge in [-0.15, -0.1) is 12.4 Å². The largest absolute Gasteiger partial charge is 0.492 e. The van der Waals surface area contributed by atoms with Crippen molar-refractivity contribution in [3.63, 3.8) is 0 Å². The monoisotopic (exact) mass is 351 g/mol. The van der Waals surface area contributed by atoms with Gasteiger partial charge in [-0.05, 0) is 42.4 Å². The first kappa shape index (κ1) is 18.1. The van der Waals surface area contributed by atoms with E-state index in [0.29, 0.717) is 6.54 Å². The highest BCUT2D eigenvalue weighted by Gasteiger charge is 2.37. The van der Waals surface area contributed by atoms with Crippen LogP contribution in [0, 0.1) is 11.2 Å². The van der Waals surface area contributed by atoms with E-state index in [4.69, 9.17) is 0 Å². The molecule has 0 bridgehead atoms. The minimum atomic E-state index is -0.362. The van der Waals surface area contributed by atoms with E-state index < -0.39 is 0 Å². The maximum absolute atomic E-state index is 13.3. The molecule has 1 aromatic heterocycles. The number of benzene rings is 1. The molecule has 7 heteroatoms. The lowest BCUT2D eigenvalue weighted by molar-refractivity contribution is 0.0853. The number of halogens is 2. The van der Waals surface area contributed by atoms with Crippen molar-refractivity contribution in [2.45, 2.75) is 25.7 Å². The Morgan fingerprint density at radius 2 is 2.12 bits per heavy atom. The van der Waals surface area contributed by atoms with Gasteiger partial charge in [0.1, 0.15) is 11.5 Å². The SMILES string of the molecule is Cl.O=C(NCC1(Cc2cccc(F)c2)CCC1)c1cncc(O)n1. The summed E-state index contributed by atoms with van der Waals surface area (Å²) in [6.07, 6.45) is 6.32. The third kappa shape index (κ3) is 4.20. The molecule has 1 amide bonds. The van der Waals surface area contributed by atoms with Crippen LogP contribution in [0.4, 0.5) is 4.39 Å². The molecule has 0 radical (unpaired) electrons. The van der Waals surface area contributed by atoms with Crippen molar-refractivity contribution < 1.29 is 14.3 Å². The summed E-state index contributed by atoms with van der Waals surface area (Å²) in [5.74, 6) is -0.884. The predicted octanol–water partition coefficient (Wildman–Crippen LogP) is 2.89. The van der Waals surface area contributed by atoms with E-state index in [0.717, 1.165) is 31.2 Å². The fraction of sp³-hybridized carbons (Fsp3) is 0.353. The lowest BCUT2D eigenvalue weighted by atomic mass is 9.65. The Morgan fingerprint density at radius 3 is 2.75 bits per heavy atom. The predicted molar refractivity (Wildman–Crippen MR) is 89.7 cm³/mol. The standard InChI is InChI=1S/C17H18FN3O2.ClH/c18-13-4-1-3-12(7-13)8-17(5-2-6-17)11-20-16(23)14-9-19-10-15(22)21-14;/h1,3-4,7,9-10H,2,5-6,8,11H2,(H,20,23)(H,21,22);1H. The fourth-order valence-electron chi connectivity index (χ4n) is 3.00. The van der Waals surface area contributed by atoms with Gasteiger partial charge in [-0.25, -0.2) is 9.37 Å². The first-order chi connectivity index (χ1) is 11.1. The van der Waals surface area contributed by atoms with E-state index in [-0.39, 0.29) is 41.1 Å². The lowest BCUT2D eigenvalue weighted by Gasteiger charge is -2.42. The minimum absolute atomic E-state index is 0. The Kier molecular flexibility index (Phi) is 5.72. The molecule has 24 heavy (non-hydrogen) atoms. The molecule has 1 aromatic carbocycles. The molecule has 0 aliphatic heterocycles. The molecule has 1 aliphatic carbocycles. The van der Waals surface area contributed by atoms with Gasteiger partial charge in [0.25, 0.3) is 5.91 Å². The number of hydrogen-bond acceptors (Lipinski definition) is 4. The van der Waals surface area contributed by atoms with E-state index in [1.165, 1.54) is 18.5 Å². The van der Waals surface area contributed by atoms with Crippen LogP contribution < -0.4 is 5.32 Å². The summed E-state index contributed by atoms with van der Waals surface area (Å²) in [6.45, 7) is 0.500. The molecule has 1 saturated carbocycles. The number of carbonyl (C=O) groups is 1. The van der Waals surface area contributed by atoms with Crippen molar-refractivity contribution in [3.05, 3.63) is 53.7 Å². The second-order valence-corrected chi connectivity index (χ2v) is 6.11. The Morgan fingerprint density at radius 1 is 1.33 bits per heavy atom. The van der Waals surface area contributed by atoms with Gasteiger partial charge in [0.05, 0.1) is 12.4 Å². The van der Waals surface area contributed by atoms with Gasteiger partial charge in [-0.3, -0.25) is 9.78 Å². The second kappa shape index (κ2) is 7.57. The van der Waals surface area contributed by atoms with Crippen molar-refractivity contribution in [1.82, 2.24) is 15.3 Å². The van der Waals surface area contributed by atoms with Crippen molar-refractivity contribution in [2.24, 2.45) is 5.41 Å². The maximum Gasteiger partial charge on any atom is 0.271 e. The molecule has 0 atom stereocenters. The smallest absolute Gasteiger partial charge is 0.271 e. The summed E-state index contributed by atoms with van der Waals surface area (Å²) < 4.78 is 13.3. The van der Waals surface area contributed by atoms with Crippen LogP contribution in [0.3, 0.4) is 0 Å². The molecule has 2 aromatic rings. The normalized spacial score (nSPS) is 15.0. The van der Waals surface area contributed by atoms with E-state index in [1.54, 1.807) is 12.1 Å². The van der Waals surface area contributed by atoms with E-state index in [2.05, 4.69) is 15.3 Å². The van der Waals surface area contributed by atoms with Crippen LogP contribution in [0.2, 0.25) is 0 Å². The maximum atomic E-state index is 13.3. The molecule has 1 heterocycles. The number of aromatic hydroxyl groups is 1. The number of nitrogens with zero attached hydrogens (tertiary/aromatic N) is 2. The molecule has 1 aliphatic rings. The summed E-state index contributed by atoms with van der Waals surface area (Å²) in [5, 5.41) is 12.1. The number of hydrogen-bond donors (Lipinski definition) is 2. The van der Waals surface area contributed by atoms with Crippen molar-refractivity contribution in [1.29, 1.82) is 0 Å². The summed E-state index contributed by atoms with van der Waals surface area (Å²) in [4.78, 5) is 19.6. The zero-order valence-electron chi connectivity index (χ0n) is 13.0. The third-order valence-electron chi connectivity index (χ3n) is 4.36. The molecule has 0 spiro atoms. The second-order valence-electron chi connectivity index (χ2n) is 6.11. The molecular weight excluding hydrogens is 333 g/mol. The number of carbonyl (C=O) groups excluding carboxylic acids is 1. The molecular formula is C17H19ClFN3O2. The summed E-state index contributed by atoms with van der Waals surface area (Å²) >= 11 is 0. The molecule has 128 valence electrons. The average Bonchev–Trinajstić information content (AvgIpc) is 2.49. The zero-order valence-corrected chi connectivity index (χ0v) is 13.9. The minimum Gasteiger partial charge on any atom is -0.492 e. The number of rotatable bonds is 5. The van der Waals surface area contributed by atoms with Crippen LogP contribution in [0.15, 0.2) is 36.7 Å². The molecule has 3 rings (SSSR count). The molecule has 0 unspecified atom stereocenters. The Hall–Kier alpha value is -2.21. The average molecular weight is 352 g/mol. The van der Waals surface area contributed by atoms with Gasteiger partial charge >= 0.3 is 0 Å². The van der Waals surface area contributed by atoms with Gasteiger partial charge in [0.2, 0.25) is 5.88 Å². The van der Waals surface area contributed by atoms with E-state index >= 15 is 0 Å². The fourth-order valence-corrected chi connectivity index (χ4v) is 3.00. The highest BCUT2D eigenvalue weighted by molar-refractivity contribution is 5.92. The van der Waals surface area contributed by atoms with Crippen LogP contribution in [0.5, 0.6) is 5.88 Å². The topological polar surface area (TPSA) is 75.1 Å². The van der Waals surface area contributed by atoms with Crippen molar-refractivity contribution in [3.8, 4) is 5.88 Å². The van der Waals surface area contributed by atoms with Crippen LogP contribution in [-0.4, -0.2) is 27.5 Å². The van der Waals surface area contributed by atoms with E-state index in [1.807, 2.05) is 6.07 Å². The van der Waals surface area contributed by atoms with Crippen LogP contribution >= 0.6 is 12.4 Å². The van der Waals surface area contributed by atoms with Crippen molar-refractivity contribution in [2.75, 3.05) is 6.54 Å². The van der Waals surface area contributed by atoms with Gasteiger partial charge < -0.3 is 10.4 Å². The van der Waals surface area contributed by atoms with Gasteiger partial charge in [-0.2, -0.15) is 0 Å². The number of amides is 1. The number of aromatic nitrogens is 2. The van der Waals surface area contributed by atoms with Crippen LogP contribution in [-0.2, 0) is 6.42 Å². The Bertz CT molecular complexity index is 722. The first-order valence-electron chi connectivity index (χ1n) is 7.60. The van der Waals surface area contributed by atoms with Gasteiger partial charge in [0.15, 0.2) is 0 Å². The molecule has 2 N–H and O–H groups in total. The van der Waals surface area contributed by atoms with Gasteiger partial charge in [-0.1, -0.05) is 18.6 Å². The van der Waals surface area contributed by atoms with Gasteiger partial charge in [0, 0.05) is 6.54 Å². The molecule has 1 fully saturated rings. The van der Waals surface area contributed by atoms with E-state index in [9.17, 15) is 14.3 Å². The number of nitrogens with one attached hydrogen (secondary N) is 1. The lowest BCUT2D eigenvalue weighted by Crippen LogP contribution is -2.43. The Balaban J connectivity index is 0.00000208. The summed E-state index contributed by atoms with van der Waals surface area (Å²) in [5.41, 5.74) is 0.995. The third-order valence-corrected chi connectivity index (χ3v) is 4.36. The van der Waals surface area contributed by atoms with Crippen molar-refractivity contribution >= 4 is 18.3 Å².